The molecule has 1 aliphatic heterocycles. The maximum Gasteiger partial charge on any atom is 0.331 e. The van der Waals surface area contributed by atoms with Gasteiger partial charge in [0.25, 0.3) is 5.91 Å². The highest BCUT2D eigenvalue weighted by atomic mass is 35.5. The zero-order chi connectivity index (χ0) is 20.6. The minimum Gasteiger partial charge on any atom is -0.452 e. The van der Waals surface area contributed by atoms with E-state index in [0.29, 0.717) is 19.0 Å². The van der Waals surface area contributed by atoms with E-state index >= 15 is 0 Å². The number of halogens is 2. The van der Waals surface area contributed by atoms with Crippen LogP contribution in [0, 0.1) is 11.7 Å². The van der Waals surface area contributed by atoms with Crippen LogP contribution in [-0.2, 0) is 20.7 Å². The number of ether oxygens (including phenoxy) is 1. The number of hydrogen-bond donors (Lipinski definition) is 0. The fourth-order valence-corrected chi connectivity index (χ4v) is 3.65. The second-order valence-electron chi connectivity index (χ2n) is 7.09. The first-order chi connectivity index (χ1) is 14.0. The Morgan fingerprint density at radius 2 is 1.83 bits per heavy atom. The molecule has 2 aromatic carbocycles. The number of nitrogens with zero attached hydrogens (tertiary/aromatic N) is 1. The standard InChI is InChI=1S/C23H23ClFNO3/c24-20-7-4-8-21(25)19(20)9-10-23(28)29-16-22(27)26-13-11-18(12-14-26)15-17-5-2-1-3-6-17/h1-10,18H,11-16H2/b10-9+. The average molecular weight is 416 g/mol. The van der Waals surface area contributed by atoms with Crippen LogP contribution in [0.15, 0.2) is 54.6 Å². The smallest absolute Gasteiger partial charge is 0.331 e. The molecule has 0 atom stereocenters. The van der Waals surface area contributed by atoms with Gasteiger partial charge >= 0.3 is 5.97 Å². The molecule has 152 valence electrons. The molecule has 0 spiro atoms. The van der Waals surface area contributed by atoms with Crippen LogP contribution in [0.4, 0.5) is 4.39 Å². The lowest BCUT2D eigenvalue weighted by molar-refractivity contribution is -0.148. The van der Waals surface area contributed by atoms with Crippen molar-refractivity contribution in [2.45, 2.75) is 19.3 Å². The summed E-state index contributed by atoms with van der Waals surface area (Å²) in [6, 6.07) is 14.6. The first-order valence-electron chi connectivity index (χ1n) is 9.63. The molecular formula is C23H23ClFNO3. The van der Waals surface area contributed by atoms with Crippen LogP contribution in [0.1, 0.15) is 24.0 Å². The third kappa shape index (κ3) is 6.16. The second kappa shape index (κ2) is 10.2. The highest BCUT2D eigenvalue weighted by Gasteiger charge is 2.23. The Hall–Kier alpha value is -2.66. The molecule has 1 heterocycles. The number of piperidine rings is 1. The normalized spacial score (nSPS) is 14.9. The van der Waals surface area contributed by atoms with E-state index in [1.807, 2.05) is 18.2 Å². The van der Waals surface area contributed by atoms with E-state index in [4.69, 9.17) is 16.3 Å². The fraction of sp³-hybridized carbons (Fsp3) is 0.304. The van der Waals surface area contributed by atoms with Crippen molar-refractivity contribution in [3.63, 3.8) is 0 Å². The topological polar surface area (TPSA) is 46.6 Å². The van der Waals surface area contributed by atoms with Crippen molar-refractivity contribution in [1.29, 1.82) is 0 Å². The largest absolute Gasteiger partial charge is 0.452 e. The van der Waals surface area contributed by atoms with E-state index in [2.05, 4.69) is 12.1 Å². The van der Waals surface area contributed by atoms with Crippen molar-refractivity contribution in [2.24, 2.45) is 5.92 Å². The number of hydrogen-bond acceptors (Lipinski definition) is 3. The Labute approximate surface area is 174 Å². The molecule has 1 fully saturated rings. The summed E-state index contributed by atoms with van der Waals surface area (Å²) in [6.07, 6.45) is 5.20. The first-order valence-corrected chi connectivity index (χ1v) is 10.0. The van der Waals surface area contributed by atoms with Crippen LogP contribution in [0.2, 0.25) is 5.02 Å². The highest BCUT2D eigenvalue weighted by Crippen LogP contribution is 2.22. The third-order valence-electron chi connectivity index (χ3n) is 5.06. The number of amides is 1. The van der Waals surface area contributed by atoms with Crippen molar-refractivity contribution in [2.75, 3.05) is 19.7 Å². The highest BCUT2D eigenvalue weighted by molar-refractivity contribution is 6.32. The van der Waals surface area contributed by atoms with Gasteiger partial charge in [-0.3, -0.25) is 4.79 Å². The van der Waals surface area contributed by atoms with Crippen molar-refractivity contribution >= 4 is 29.6 Å². The monoisotopic (exact) mass is 415 g/mol. The number of esters is 1. The van der Waals surface area contributed by atoms with Crippen LogP contribution in [0.25, 0.3) is 6.08 Å². The number of carbonyl (C=O) groups is 2. The Bertz CT molecular complexity index is 857. The van der Waals surface area contributed by atoms with Gasteiger partial charge in [-0.05, 0) is 49.0 Å². The van der Waals surface area contributed by atoms with Gasteiger partial charge in [-0.2, -0.15) is 0 Å². The predicted octanol–water partition coefficient (Wildman–Crippen LogP) is 4.52. The first kappa shape index (κ1) is 21.1. The molecule has 1 amide bonds. The number of rotatable bonds is 6. The molecule has 0 N–H and O–H groups in total. The molecule has 1 saturated heterocycles. The Morgan fingerprint density at radius 3 is 2.52 bits per heavy atom. The second-order valence-corrected chi connectivity index (χ2v) is 7.50. The van der Waals surface area contributed by atoms with E-state index < -0.39 is 11.8 Å². The van der Waals surface area contributed by atoms with Crippen molar-refractivity contribution < 1.29 is 18.7 Å². The molecule has 29 heavy (non-hydrogen) atoms. The molecule has 3 rings (SSSR count). The molecule has 0 bridgehead atoms. The summed E-state index contributed by atoms with van der Waals surface area (Å²) < 4.78 is 18.7. The molecule has 0 aliphatic carbocycles. The van der Waals surface area contributed by atoms with Gasteiger partial charge in [0.2, 0.25) is 0 Å². The molecule has 6 heteroatoms. The maximum absolute atomic E-state index is 13.7. The van der Waals surface area contributed by atoms with Crippen molar-refractivity contribution in [1.82, 2.24) is 4.90 Å². The lowest BCUT2D eigenvalue weighted by Gasteiger charge is -2.32. The molecule has 2 aromatic rings. The Kier molecular flexibility index (Phi) is 7.42. The van der Waals surface area contributed by atoms with Crippen molar-refractivity contribution in [3.05, 3.63) is 76.6 Å². The third-order valence-corrected chi connectivity index (χ3v) is 5.39. The van der Waals surface area contributed by atoms with E-state index in [-0.39, 0.29) is 23.1 Å². The Balaban J connectivity index is 1.42. The summed E-state index contributed by atoms with van der Waals surface area (Å²) in [5.41, 5.74) is 1.42. The summed E-state index contributed by atoms with van der Waals surface area (Å²) in [5, 5.41) is 0.198. The molecular weight excluding hydrogens is 393 g/mol. The van der Waals surface area contributed by atoms with Gasteiger partial charge in [-0.1, -0.05) is 48.0 Å². The summed E-state index contributed by atoms with van der Waals surface area (Å²) in [4.78, 5) is 25.9. The number of benzene rings is 2. The summed E-state index contributed by atoms with van der Waals surface area (Å²) in [6.45, 7) is 1.00. The fourth-order valence-electron chi connectivity index (χ4n) is 3.43. The number of likely N-dealkylation sites (tertiary alicyclic amines) is 1. The molecule has 0 saturated carbocycles. The van der Waals surface area contributed by atoms with E-state index in [9.17, 15) is 14.0 Å². The summed E-state index contributed by atoms with van der Waals surface area (Å²) in [5.74, 6) is -0.904. The summed E-state index contributed by atoms with van der Waals surface area (Å²) in [7, 11) is 0. The molecule has 1 aliphatic rings. The van der Waals surface area contributed by atoms with Crippen LogP contribution < -0.4 is 0 Å². The van der Waals surface area contributed by atoms with Crippen LogP contribution in [0.3, 0.4) is 0 Å². The molecule has 0 radical (unpaired) electrons. The molecule has 0 aromatic heterocycles. The van der Waals surface area contributed by atoms with Gasteiger partial charge in [0, 0.05) is 24.7 Å². The lowest BCUT2D eigenvalue weighted by Crippen LogP contribution is -2.41. The van der Waals surface area contributed by atoms with Crippen LogP contribution in [0.5, 0.6) is 0 Å². The van der Waals surface area contributed by atoms with Gasteiger partial charge in [0.1, 0.15) is 5.82 Å². The predicted molar refractivity (Wildman–Crippen MR) is 111 cm³/mol. The van der Waals surface area contributed by atoms with E-state index in [0.717, 1.165) is 25.3 Å². The quantitative estimate of drug-likeness (QED) is 0.515. The van der Waals surface area contributed by atoms with E-state index in [1.165, 1.54) is 29.8 Å². The van der Waals surface area contributed by atoms with Crippen molar-refractivity contribution in [3.8, 4) is 0 Å². The average Bonchev–Trinajstić information content (AvgIpc) is 2.73. The van der Waals surface area contributed by atoms with Crippen LogP contribution in [-0.4, -0.2) is 36.5 Å². The van der Waals surface area contributed by atoms with Gasteiger partial charge in [0.15, 0.2) is 6.61 Å². The zero-order valence-electron chi connectivity index (χ0n) is 16.0. The minimum absolute atomic E-state index is 0.109. The SMILES string of the molecule is O=C(/C=C/c1c(F)cccc1Cl)OCC(=O)N1CCC(Cc2ccccc2)CC1. The van der Waals surface area contributed by atoms with Gasteiger partial charge in [0.05, 0.1) is 5.02 Å². The number of carbonyl (C=O) groups excluding carboxylic acids is 2. The lowest BCUT2D eigenvalue weighted by atomic mass is 9.90. The summed E-state index contributed by atoms with van der Waals surface area (Å²) >= 11 is 5.90. The van der Waals surface area contributed by atoms with Gasteiger partial charge < -0.3 is 9.64 Å². The van der Waals surface area contributed by atoms with Crippen LogP contribution >= 0.6 is 11.6 Å². The maximum atomic E-state index is 13.7. The Morgan fingerprint density at radius 1 is 1.10 bits per heavy atom. The zero-order valence-corrected chi connectivity index (χ0v) is 16.8. The molecule has 4 nitrogen and oxygen atoms in total. The molecule has 0 unspecified atom stereocenters. The van der Waals surface area contributed by atoms with Gasteiger partial charge in [-0.25, -0.2) is 9.18 Å². The van der Waals surface area contributed by atoms with E-state index in [1.54, 1.807) is 4.90 Å². The minimum atomic E-state index is -0.711. The van der Waals surface area contributed by atoms with Gasteiger partial charge in [-0.15, -0.1) is 0 Å².